The van der Waals surface area contributed by atoms with Crippen LogP contribution in [0.2, 0.25) is 0 Å². The molecule has 3 heterocycles. The van der Waals surface area contributed by atoms with E-state index >= 15 is 0 Å². The summed E-state index contributed by atoms with van der Waals surface area (Å²) in [4.78, 5) is 4.57. The molecule has 1 fully saturated rings. The maximum absolute atomic E-state index is 13.0. The van der Waals surface area contributed by atoms with Gasteiger partial charge in [0.25, 0.3) is 0 Å². The van der Waals surface area contributed by atoms with E-state index in [4.69, 9.17) is 14.2 Å². The topological polar surface area (TPSA) is 78.0 Å². The lowest BCUT2D eigenvalue weighted by molar-refractivity contribution is 0.129. The number of nitrogens with zero attached hydrogens (tertiary/aromatic N) is 2. The average Bonchev–Trinajstić information content (AvgIpc) is 2.68. The highest BCUT2D eigenvalue weighted by atomic mass is 32.2. The van der Waals surface area contributed by atoms with Gasteiger partial charge >= 0.3 is 0 Å². The zero-order chi connectivity index (χ0) is 18.9. The normalized spacial score (nSPS) is 18.3. The predicted octanol–water partition coefficient (Wildman–Crippen LogP) is 2.39. The van der Waals surface area contributed by atoms with E-state index in [1.54, 1.807) is 18.2 Å². The fourth-order valence-corrected chi connectivity index (χ4v) is 4.76. The minimum Gasteiger partial charge on any atom is -0.486 e. The molecular formula is C19H22N2O5S. The van der Waals surface area contributed by atoms with E-state index < -0.39 is 10.0 Å². The van der Waals surface area contributed by atoms with Crippen LogP contribution in [-0.2, 0) is 10.0 Å². The van der Waals surface area contributed by atoms with E-state index in [2.05, 4.69) is 4.98 Å². The number of piperidine rings is 1. The smallest absolute Gasteiger partial charge is 0.243 e. The molecule has 4 rings (SSSR count). The molecule has 2 aliphatic rings. The maximum atomic E-state index is 13.0. The molecule has 0 N–H and O–H groups in total. The van der Waals surface area contributed by atoms with Crippen LogP contribution >= 0.6 is 0 Å². The molecule has 2 aliphatic heterocycles. The fourth-order valence-electron chi connectivity index (χ4n) is 3.28. The van der Waals surface area contributed by atoms with Crippen LogP contribution < -0.4 is 14.2 Å². The van der Waals surface area contributed by atoms with Crippen molar-refractivity contribution in [3.63, 3.8) is 0 Å². The highest BCUT2D eigenvalue weighted by Crippen LogP contribution is 2.33. The summed E-state index contributed by atoms with van der Waals surface area (Å²) in [7, 11) is -3.57. The van der Waals surface area contributed by atoms with Gasteiger partial charge in [-0.05, 0) is 38.0 Å². The highest BCUT2D eigenvalue weighted by Gasteiger charge is 2.31. The van der Waals surface area contributed by atoms with Crippen molar-refractivity contribution in [1.29, 1.82) is 0 Å². The number of fused-ring (bicyclic) bond motifs is 1. The van der Waals surface area contributed by atoms with Gasteiger partial charge in [0.05, 0.1) is 4.90 Å². The Hall–Kier alpha value is -2.32. The summed E-state index contributed by atoms with van der Waals surface area (Å²) in [5.74, 6) is 1.65. The Labute approximate surface area is 158 Å². The average molecular weight is 390 g/mol. The van der Waals surface area contributed by atoms with Crippen molar-refractivity contribution >= 4 is 10.0 Å². The minimum atomic E-state index is -3.57. The van der Waals surface area contributed by atoms with E-state index in [0.717, 1.165) is 5.69 Å². The first-order chi connectivity index (χ1) is 13.0. The van der Waals surface area contributed by atoms with E-state index in [9.17, 15) is 8.42 Å². The molecule has 0 spiro atoms. The van der Waals surface area contributed by atoms with Crippen LogP contribution in [-0.4, -0.2) is 50.1 Å². The number of pyridine rings is 1. The number of hydrogen-bond acceptors (Lipinski definition) is 6. The molecule has 7 nitrogen and oxygen atoms in total. The molecule has 27 heavy (non-hydrogen) atoms. The number of aromatic nitrogens is 1. The van der Waals surface area contributed by atoms with Crippen LogP contribution in [0, 0.1) is 6.92 Å². The molecule has 0 saturated carbocycles. The zero-order valence-electron chi connectivity index (χ0n) is 15.1. The van der Waals surface area contributed by atoms with Crippen molar-refractivity contribution in [3.05, 3.63) is 42.1 Å². The second-order valence-corrected chi connectivity index (χ2v) is 8.58. The third kappa shape index (κ3) is 3.86. The van der Waals surface area contributed by atoms with Crippen molar-refractivity contribution in [2.75, 3.05) is 26.3 Å². The molecule has 0 bridgehead atoms. The molecule has 1 aromatic carbocycles. The van der Waals surface area contributed by atoms with Gasteiger partial charge in [-0.2, -0.15) is 4.31 Å². The Bertz CT molecular complexity index is 923. The van der Waals surface area contributed by atoms with Gasteiger partial charge in [-0.1, -0.05) is 6.07 Å². The van der Waals surface area contributed by atoms with E-state index in [-0.39, 0.29) is 11.0 Å². The Morgan fingerprint density at radius 3 is 2.56 bits per heavy atom. The Balaban J connectivity index is 1.42. The molecule has 2 aromatic rings. The van der Waals surface area contributed by atoms with Crippen LogP contribution in [0.1, 0.15) is 18.5 Å². The van der Waals surface area contributed by atoms with Crippen LogP contribution in [0.5, 0.6) is 17.4 Å². The zero-order valence-corrected chi connectivity index (χ0v) is 15.9. The molecule has 0 amide bonds. The summed E-state index contributed by atoms with van der Waals surface area (Å²) < 4.78 is 44.3. The molecule has 8 heteroatoms. The number of rotatable bonds is 4. The monoisotopic (exact) mass is 390 g/mol. The Morgan fingerprint density at radius 2 is 1.81 bits per heavy atom. The second-order valence-electron chi connectivity index (χ2n) is 6.64. The Morgan fingerprint density at radius 1 is 1.07 bits per heavy atom. The molecule has 0 unspecified atom stereocenters. The summed E-state index contributed by atoms with van der Waals surface area (Å²) in [5, 5.41) is 0. The van der Waals surface area contributed by atoms with Gasteiger partial charge in [-0.25, -0.2) is 13.4 Å². The number of hydrogen-bond donors (Lipinski definition) is 0. The quantitative estimate of drug-likeness (QED) is 0.798. The minimum absolute atomic E-state index is 0.0361. The largest absolute Gasteiger partial charge is 0.486 e. The van der Waals surface area contributed by atoms with Crippen molar-refractivity contribution in [1.82, 2.24) is 9.29 Å². The predicted molar refractivity (Wildman–Crippen MR) is 98.8 cm³/mol. The lowest BCUT2D eigenvalue weighted by Crippen LogP contribution is -2.41. The van der Waals surface area contributed by atoms with Gasteiger partial charge in [0, 0.05) is 30.9 Å². The second kappa shape index (κ2) is 7.36. The van der Waals surface area contributed by atoms with Crippen molar-refractivity contribution in [3.8, 4) is 17.4 Å². The number of aryl methyl sites for hydroxylation is 1. The first-order valence-electron chi connectivity index (χ1n) is 9.02. The van der Waals surface area contributed by atoms with Crippen molar-refractivity contribution < 1.29 is 22.6 Å². The number of sulfonamides is 1. The van der Waals surface area contributed by atoms with Crippen LogP contribution in [0.4, 0.5) is 0 Å². The number of ether oxygens (including phenoxy) is 3. The first-order valence-corrected chi connectivity index (χ1v) is 10.5. The summed E-state index contributed by atoms with van der Waals surface area (Å²) >= 11 is 0. The summed E-state index contributed by atoms with van der Waals surface area (Å²) in [6, 6.07) is 10.4. The van der Waals surface area contributed by atoms with Crippen LogP contribution in [0.15, 0.2) is 41.3 Å². The third-order valence-corrected chi connectivity index (χ3v) is 6.60. The SMILES string of the molecule is Cc1cccc(OC2CCN(S(=O)(=O)c3ccc4c(c3)OCCO4)CC2)n1. The molecule has 0 aliphatic carbocycles. The van der Waals surface area contributed by atoms with Gasteiger partial charge in [-0.3, -0.25) is 0 Å². The van der Waals surface area contributed by atoms with Gasteiger partial charge < -0.3 is 14.2 Å². The van der Waals surface area contributed by atoms with Crippen LogP contribution in [0.3, 0.4) is 0 Å². The first kappa shape index (κ1) is 18.1. The van der Waals surface area contributed by atoms with E-state index in [1.165, 1.54) is 4.31 Å². The number of benzene rings is 1. The molecule has 0 atom stereocenters. The molecule has 0 radical (unpaired) electrons. The standard InChI is InChI=1S/C19H22N2O5S/c1-14-3-2-4-19(20-14)26-15-7-9-21(10-8-15)27(22,23)16-5-6-17-18(13-16)25-12-11-24-17/h2-6,13,15H,7-12H2,1H3. The highest BCUT2D eigenvalue weighted by molar-refractivity contribution is 7.89. The molecule has 144 valence electrons. The fraction of sp³-hybridized carbons (Fsp3) is 0.421. The molecule has 1 saturated heterocycles. The lowest BCUT2D eigenvalue weighted by atomic mass is 10.1. The summed E-state index contributed by atoms with van der Waals surface area (Å²) in [6.07, 6.45) is 1.21. The summed E-state index contributed by atoms with van der Waals surface area (Å²) in [6.45, 7) is 3.63. The van der Waals surface area contributed by atoms with Gasteiger partial charge in [-0.15, -0.1) is 0 Å². The van der Waals surface area contributed by atoms with Gasteiger partial charge in [0.15, 0.2) is 11.5 Å². The summed E-state index contributed by atoms with van der Waals surface area (Å²) in [5.41, 5.74) is 0.895. The van der Waals surface area contributed by atoms with E-state index in [0.29, 0.717) is 56.5 Å². The van der Waals surface area contributed by atoms with Crippen LogP contribution in [0.25, 0.3) is 0 Å². The van der Waals surface area contributed by atoms with Gasteiger partial charge in [0.1, 0.15) is 19.3 Å². The van der Waals surface area contributed by atoms with Gasteiger partial charge in [0.2, 0.25) is 15.9 Å². The third-order valence-electron chi connectivity index (χ3n) is 4.70. The Kier molecular flexibility index (Phi) is 4.92. The molecule has 1 aromatic heterocycles. The van der Waals surface area contributed by atoms with Crippen molar-refractivity contribution in [2.24, 2.45) is 0 Å². The van der Waals surface area contributed by atoms with E-state index in [1.807, 2.05) is 25.1 Å². The maximum Gasteiger partial charge on any atom is 0.243 e. The van der Waals surface area contributed by atoms with Crippen molar-refractivity contribution in [2.45, 2.75) is 30.8 Å². The molecular weight excluding hydrogens is 368 g/mol. The lowest BCUT2D eigenvalue weighted by Gasteiger charge is -2.31.